The van der Waals surface area contributed by atoms with Crippen LogP contribution < -0.4 is 4.74 Å². The van der Waals surface area contributed by atoms with Gasteiger partial charge in [0, 0.05) is 6.54 Å². The average molecular weight is 477 g/mol. The van der Waals surface area contributed by atoms with Crippen LogP contribution in [0.1, 0.15) is 22.8 Å². The molecule has 9 heteroatoms. The normalized spacial score (nSPS) is 16.7. The van der Waals surface area contributed by atoms with Gasteiger partial charge in [0.05, 0.1) is 27.7 Å². The molecule has 29 heavy (non-hydrogen) atoms. The molecule has 0 saturated carbocycles. The molecule has 0 aliphatic carbocycles. The maximum Gasteiger partial charge on any atom is 0.335 e. The maximum atomic E-state index is 12.8. The highest BCUT2D eigenvalue weighted by Gasteiger charge is 2.32. The second-order valence-electron chi connectivity index (χ2n) is 5.96. The molecule has 2 aromatic carbocycles. The first-order valence-corrected chi connectivity index (χ1v) is 10.1. The zero-order valence-corrected chi connectivity index (χ0v) is 18.0. The standard InChI is InChI=1S/C20H17BrN2O5S/c1-3-23-18(25)16(9-11-7-14(21)17(24)15(8-11)28-2)29-20(23)22-13-6-4-5-12(10-13)19(26)27/h4-10,24H,3H2,1-2H3,(H,26,27). The van der Waals surface area contributed by atoms with Gasteiger partial charge in [-0.15, -0.1) is 0 Å². The van der Waals surface area contributed by atoms with Gasteiger partial charge in [0.2, 0.25) is 0 Å². The molecule has 1 heterocycles. The smallest absolute Gasteiger partial charge is 0.335 e. The lowest BCUT2D eigenvalue weighted by molar-refractivity contribution is -0.122. The number of halogens is 1. The highest BCUT2D eigenvalue weighted by molar-refractivity contribution is 9.10. The zero-order chi connectivity index (χ0) is 21.1. The lowest BCUT2D eigenvalue weighted by Crippen LogP contribution is -2.28. The predicted octanol–water partition coefficient (Wildman–Crippen LogP) is 4.49. The van der Waals surface area contributed by atoms with E-state index in [0.717, 1.165) is 0 Å². The number of likely N-dealkylation sites (N-methyl/N-ethyl adjacent to an activating group) is 1. The second kappa shape index (κ2) is 8.71. The van der Waals surface area contributed by atoms with Crippen molar-refractivity contribution in [2.45, 2.75) is 6.92 Å². The summed E-state index contributed by atoms with van der Waals surface area (Å²) < 4.78 is 5.60. The molecule has 0 atom stereocenters. The number of aliphatic imine (C=N–C) groups is 1. The molecule has 1 saturated heterocycles. The summed E-state index contributed by atoms with van der Waals surface area (Å²) in [6, 6.07) is 9.54. The van der Waals surface area contributed by atoms with Crippen molar-refractivity contribution in [3.63, 3.8) is 0 Å². The Labute approximate surface area is 179 Å². The third-order valence-electron chi connectivity index (χ3n) is 4.09. The number of nitrogens with zero attached hydrogens (tertiary/aromatic N) is 2. The van der Waals surface area contributed by atoms with Crippen LogP contribution in [0.3, 0.4) is 0 Å². The van der Waals surface area contributed by atoms with Gasteiger partial charge >= 0.3 is 5.97 Å². The number of carbonyl (C=O) groups excluding carboxylic acids is 1. The van der Waals surface area contributed by atoms with Gasteiger partial charge in [-0.1, -0.05) is 6.07 Å². The number of aromatic carboxylic acids is 1. The Morgan fingerprint density at radius 2 is 2.10 bits per heavy atom. The molecular weight excluding hydrogens is 460 g/mol. The van der Waals surface area contributed by atoms with Crippen LogP contribution in [0, 0.1) is 0 Å². The number of phenolic OH excluding ortho intramolecular Hbond substituents is 1. The van der Waals surface area contributed by atoms with Gasteiger partial charge in [0.15, 0.2) is 16.7 Å². The van der Waals surface area contributed by atoms with E-state index in [1.807, 2.05) is 6.92 Å². The number of carbonyl (C=O) groups is 2. The van der Waals surface area contributed by atoms with Crippen molar-refractivity contribution in [2.24, 2.45) is 4.99 Å². The van der Waals surface area contributed by atoms with Gasteiger partial charge in [0.1, 0.15) is 0 Å². The van der Waals surface area contributed by atoms with Crippen LogP contribution in [0.2, 0.25) is 0 Å². The van der Waals surface area contributed by atoms with Gasteiger partial charge in [-0.2, -0.15) is 0 Å². The SMILES string of the molecule is CCN1C(=O)C(=Cc2cc(Br)c(O)c(OC)c2)SC1=Nc1cccc(C(=O)O)c1. The summed E-state index contributed by atoms with van der Waals surface area (Å²) in [4.78, 5) is 30.4. The number of hydrogen-bond acceptors (Lipinski definition) is 6. The maximum absolute atomic E-state index is 12.8. The Hall–Kier alpha value is -2.78. The predicted molar refractivity (Wildman–Crippen MR) is 116 cm³/mol. The molecular formula is C20H17BrN2O5S. The number of rotatable bonds is 5. The molecule has 0 radical (unpaired) electrons. The van der Waals surface area contributed by atoms with Gasteiger partial charge < -0.3 is 14.9 Å². The fourth-order valence-corrected chi connectivity index (χ4v) is 4.20. The summed E-state index contributed by atoms with van der Waals surface area (Å²) in [6.07, 6.45) is 1.69. The molecule has 1 aliphatic heterocycles. The first-order valence-electron chi connectivity index (χ1n) is 8.54. The minimum Gasteiger partial charge on any atom is -0.503 e. The molecule has 7 nitrogen and oxygen atoms in total. The number of carboxylic acid groups (broad SMARTS) is 1. The monoisotopic (exact) mass is 476 g/mol. The highest BCUT2D eigenvalue weighted by Crippen LogP contribution is 2.38. The summed E-state index contributed by atoms with van der Waals surface area (Å²) in [5.41, 5.74) is 1.25. The molecule has 0 spiro atoms. The number of aromatic hydroxyl groups is 1. The number of hydrogen-bond donors (Lipinski definition) is 2. The van der Waals surface area contributed by atoms with Crippen molar-refractivity contribution in [3.05, 3.63) is 56.9 Å². The van der Waals surface area contributed by atoms with Crippen molar-refractivity contribution in [3.8, 4) is 11.5 Å². The summed E-state index contributed by atoms with van der Waals surface area (Å²) in [6.45, 7) is 2.26. The van der Waals surface area contributed by atoms with Crippen molar-refractivity contribution >= 4 is 56.5 Å². The van der Waals surface area contributed by atoms with E-state index in [1.165, 1.54) is 35.9 Å². The van der Waals surface area contributed by atoms with Crippen molar-refractivity contribution in [1.29, 1.82) is 0 Å². The van der Waals surface area contributed by atoms with Crippen LogP contribution in [0.5, 0.6) is 11.5 Å². The van der Waals surface area contributed by atoms with E-state index in [1.54, 1.807) is 30.3 Å². The number of benzene rings is 2. The number of ether oxygens (including phenoxy) is 1. The molecule has 2 N–H and O–H groups in total. The quantitative estimate of drug-likeness (QED) is 0.616. The van der Waals surface area contributed by atoms with Crippen LogP contribution in [0.25, 0.3) is 6.08 Å². The minimum absolute atomic E-state index is 0.0178. The molecule has 0 bridgehead atoms. The van der Waals surface area contributed by atoms with Gasteiger partial charge in [-0.25, -0.2) is 9.79 Å². The van der Waals surface area contributed by atoms with Crippen LogP contribution in [0.4, 0.5) is 5.69 Å². The molecule has 3 rings (SSSR count). The first-order chi connectivity index (χ1) is 13.8. The summed E-state index contributed by atoms with van der Waals surface area (Å²) in [7, 11) is 1.45. The number of carboxylic acids is 1. The first kappa shape index (κ1) is 20.9. The van der Waals surface area contributed by atoms with Crippen LogP contribution in [-0.2, 0) is 4.79 Å². The number of phenols is 1. The Kier molecular flexibility index (Phi) is 6.29. The van der Waals surface area contributed by atoms with E-state index < -0.39 is 5.97 Å². The third kappa shape index (κ3) is 4.46. The molecule has 1 aliphatic rings. The topological polar surface area (TPSA) is 99.4 Å². The molecule has 0 unspecified atom stereocenters. The Morgan fingerprint density at radius 1 is 1.34 bits per heavy atom. The summed E-state index contributed by atoms with van der Waals surface area (Å²) in [5.74, 6) is -0.972. The number of methoxy groups -OCH3 is 1. The Bertz CT molecular complexity index is 1050. The summed E-state index contributed by atoms with van der Waals surface area (Å²) in [5, 5.41) is 19.6. The highest BCUT2D eigenvalue weighted by atomic mass is 79.9. The van der Waals surface area contributed by atoms with Gasteiger partial charge in [0.25, 0.3) is 5.91 Å². The fraction of sp³-hybridized carbons (Fsp3) is 0.150. The molecule has 2 aromatic rings. The van der Waals surface area contributed by atoms with Crippen molar-refractivity contribution < 1.29 is 24.5 Å². The molecule has 1 amide bonds. The van der Waals surface area contributed by atoms with Crippen molar-refractivity contribution in [2.75, 3.05) is 13.7 Å². The van der Waals surface area contributed by atoms with E-state index >= 15 is 0 Å². The lowest BCUT2D eigenvalue weighted by Gasteiger charge is -2.12. The van der Waals surface area contributed by atoms with Gasteiger partial charge in [-0.05, 0) is 76.6 Å². The van der Waals surface area contributed by atoms with Crippen LogP contribution in [-0.4, -0.2) is 45.8 Å². The Balaban J connectivity index is 1.97. The zero-order valence-electron chi connectivity index (χ0n) is 15.5. The van der Waals surface area contributed by atoms with Crippen molar-refractivity contribution in [1.82, 2.24) is 4.90 Å². The fourth-order valence-electron chi connectivity index (χ4n) is 2.67. The Morgan fingerprint density at radius 3 is 2.76 bits per heavy atom. The third-order valence-corrected chi connectivity index (χ3v) is 5.70. The van der Waals surface area contributed by atoms with E-state index in [4.69, 9.17) is 9.84 Å². The number of amidine groups is 1. The van der Waals surface area contributed by atoms with E-state index in [-0.39, 0.29) is 23.0 Å². The largest absolute Gasteiger partial charge is 0.503 e. The van der Waals surface area contributed by atoms with E-state index in [9.17, 15) is 14.7 Å². The van der Waals surface area contributed by atoms with E-state index in [0.29, 0.717) is 32.3 Å². The average Bonchev–Trinajstić information content (AvgIpc) is 2.98. The summed E-state index contributed by atoms with van der Waals surface area (Å²) >= 11 is 4.47. The number of thioether (sulfide) groups is 1. The second-order valence-corrected chi connectivity index (χ2v) is 7.83. The van der Waals surface area contributed by atoms with Crippen LogP contribution >= 0.6 is 27.7 Å². The minimum atomic E-state index is -1.04. The molecule has 150 valence electrons. The molecule has 0 aromatic heterocycles. The lowest BCUT2D eigenvalue weighted by atomic mass is 10.2. The van der Waals surface area contributed by atoms with E-state index in [2.05, 4.69) is 20.9 Å². The van der Waals surface area contributed by atoms with Gasteiger partial charge in [-0.3, -0.25) is 9.69 Å². The number of amides is 1. The molecule has 1 fully saturated rings. The van der Waals surface area contributed by atoms with Crippen LogP contribution in [0.15, 0.2) is 50.8 Å².